The Kier molecular flexibility index (Phi) is 5.47. The van der Waals surface area contributed by atoms with Crippen molar-refractivity contribution in [1.82, 2.24) is 9.97 Å². The molecule has 4 nitrogen and oxygen atoms in total. The minimum Gasteiger partial charge on any atom is -0.399 e. The first-order valence-electron chi connectivity index (χ1n) is 14.8. The largest absolute Gasteiger partial charge is 0.495 e. The zero-order valence-corrected chi connectivity index (χ0v) is 23.1. The molecule has 1 aliphatic heterocycles. The Labute approximate surface area is 222 Å². The van der Waals surface area contributed by atoms with Gasteiger partial charge in [0.05, 0.1) is 22.2 Å². The molecule has 3 aromatic rings. The zero-order chi connectivity index (χ0) is 25.4. The molecular formula is C32H41BN2O2. The molecule has 2 aromatic carbocycles. The average Bonchev–Trinajstić information content (AvgIpc) is 3.65. The smallest absolute Gasteiger partial charge is 0.399 e. The molecule has 1 spiro atoms. The van der Waals surface area contributed by atoms with Crippen molar-refractivity contribution >= 4 is 23.6 Å². The van der Waals surface area contributed by atoms with Gasteiger partial charge in [0.15, 0.2) is 0 Å². The van der Waals surface area contributed by atoms with E-state index >= 15 is 0 Å². The van der Waals surface area contributed by atoms with E-state index in [0.717, 1.165) is 11.9 Å². The number of hydrogen-bond donors (Lipinski definition) is 1. The predicted octanol–water partition coefficient (Wildman–Crippen LogP) is 7.33. The number of benzene rings is 2. The lowest BCUT2D eigenvalue weighted by Crippen LogP contribution is -2.41. The quantitative estimate of drug-likeness (QED) is 0.386. The second-order valence-electron chi connectivity index (χ2n) is 13.3. The van der Waals surface area contributed by atoms with Crippen molar-refractivity contribution in [3.8, 4) is 11.1 Å². The van der Waals surface area contributed by atoms with Gasteiger partial charge in [-0.25, -0.2) is 4.98 Å². The van der Waals surface area contributed by atoms with Crippen LogP contribution in [0.4, 0.5) is 0 Å². The molecule has 0 bridgehead atoms. The van der Waals surface area contributed by atoms with Crippen LogP contribution in [0.3, 0.4) is 0 Å². The van der Waals surface area contributed by atoms with Gasteiger partial charge < -0.3 is 14.3 Å². The Balaban J connectivity index is 1.36. The summed E-state index contributed by atoms with van der Waals surface area (Å²) in [6.07, 6.45) is 14.1. The number of rotatable bonds is 3. The summed E-state index contributed by atoms with van der Waals surface area (Å²) < 4.78 is 13.2. The summed E-state index contributed by atoms with van der Waals surface area (Å²) in [5, 5.41) is 0. The highest BCUT2D eigenvalue weighted by molar-refractivity contribution is 6.62. The summed E-state index contributed by atoms with van der Waals surface area (Å²) in [5.41, 5.74) is 9.00. The van der Waals surface area contributed by atoms with Gasteiger partial charge in [-0.15, -0.1) is 0 Å². The van der Waals surface area contributed by atoms with Gasteiger partial charge in [-0.3, -0.25) is 0 Å². The molecule has 7 rings (SSSR count). The van der Waals surface area contributed by atoms with Crippen molar-refractivity contribution in [3.05, 3.63) is 47.3 Å². The molecule has 1 N–H and O–H groups in total. The summed E-state index contributed by atoms with van der Waals surface area (Å²) in [5.74, 6) is 1.79. The molecule has 2 heterocycles. The number of aromatic amines is 1. The Morgan fingerprint density at radius 1 is 0.865 bits per heavy atom. The number of aromatic nitrogens is 2. The monoisotopic (exact) mass is 496 g/mol. The maximum atomic E-state index is 6.59. The highest BCUT2D eigenvalue weighted by Crippen LogP contribution is 2.52. The number of hydrogen-bond acceptors (Lipinski definition) is 3. The predicted molar refractivity (Wildman–Crippen MR) is 152 cm³/mol. The Hall–Kier alpha value is -2.11. The number of imidazole rings is 1. The second-order valence-corrected chi connectivity index (χ2v) is 13.3. The standard InChI is InChI=1S/C32H41BN2O2/c1-30(2)31(3,4)37-33(36-30)25-15-14-23(28-24(25)12-9-19-32(28)17-7-8-18-32)22-13-16-26-27(20-22)35-29(34-26)21-10-5-6-11-21/h13-16,20-21H,5-12,17-19H2,1-4H3,(H,34,35). The summed E-state index contributed by atoms with van der Waals surface area (Å²) in [6.45, 7) is 8.63. The van der Waals surface area contributed by atoms with E-state index in [1.54, 1.807) is 5.56 Å². The van der Waals surface area contributed by atoms with Crippen LogP contribution >= 0.6 is 0 Å². The second kappa shape index (κ2) is 8.45. The first-order valence-corrected chi connectivity index (χ1v) is 14.8. The van der Waals surface area contributed by atoms with Crippen LogP contribution in [0.25, 0.3) is 22.2 Å². The van der Waals surface area contributed by atoms with Crippen LogP contribution in [0.2, 0.25) is 0 Å². The molecule has 194 valence electrons. The summed E-state index contributed by atoms with van der Waals surface area (Å²) >= 11 is 0. The van der Waals surface area contributed by atoms with Crippen LogP contribution < -0.4 is 5.46 Å². The molecule has 37 heavy (non-hydrogen) atoms. The molecule has 3 aliphatic carbocycles. The van der Waals surface area contributed by atoms with Crippen molar-refractivity contribution < 1.29 is 9.31 Å². The van der Waals surface area contributed by atoms with Crippen LogP contribution in [0.5, 0.6) is 0 Å². The summed E-state index contributed by atoms with van der Waals surface area (Å²) in [4.78, 5) is 8.70. The summed E-state index contributed by atoms with van der Waals surface area (Å²) in [7, 11) is -0.298. The van der Waals surface area contributed by atoms with Crippen molar-refractivity contribution in [1.29, 1.82) is 0 Å². The van der Waals surface area contributed by atoms with Gasteiger partial charge in [-0.05, 0) is 118 Å². The molecule has 4 aliphatic rings. The van der Waals surface area contributed by atoms with E-state index in [0.29, 0.717) is 11.3 Å². The SMILES string of the molecule is CC1(C)OB(c2ccc(-c3ccc4nc(C5CCCC5)[nH]c4c3)c3c2CCCC32CCCC2)OC1(C)C. The van der Waals surface area contributed by atoms with Crippen LogP contribution in [-0.2, 0) is 21.1 Å². The van der Waals surface area contributed by atoms with Gasteiger partial charge in [0, 0.05) is 5.92 Å². The molecule has 1 aromatic heterocycles. The fourth-order valence-corrected chi connectivity index (χ4v) is 7.84. The molecule has 0 atom stereocenters. The summed E-state index contributed by atoms with van der Waals surface area (Å²) in [6, 6.07) is 11.6. The average molecular weight is 497 g/mol. The third-order valence-electron chi connectivity index (χ3n) is 10.6. The fraction of sp³-hybridized carbons (Fsp3) is 0.594. The molecule has 0 radical (unpaired) electrons. The van der Waals surface area contributed by atoms with Gasteiger partial charge in [-0.1, -0.05) is 43.9 Å². The lowest BCUT2D eigenvalue weighted by molar-refractivity contribution is 0.00578. The maximum Gasteiger partial charge on any atom is 0.495 e. The highest BCUT2D eigenvalue weighted by atomic mass is 16.7. The number of nitrogens with zero attached hydrogens (tertiary/aromatic N) is 1. The lowest BCUT2D eigenvalue weighted by Gasteiger charge is -2.39. The molecule has 5 heteroatoms. The highest BCUT2D eigenvalue weighted by Gasteiger charge is 2.53. The van der Waals surface area contributed by atoms with Gasteiger partial charge in [0.2, 0.25) is 0 Å². The minimum atomic E-state index is -0.328. The van der Waals surface area contributed by atoms with E-state index in [4.69, 9.17) is 14.3 Å². The molecule has 0 unspecified atom stereocenters. The number of H-pyrrole nitrogens is 1. The normalized spacial score (nSPS) is 24.4. The lowest BCUT2D eigenvalue weighted by atomic mass is 9.61. The van der Waals surface area contributed by atoms with Gasteiger partial charge in [0.25, 0.3) is 0 Å². The van der Waals surface area contributed by atoms with E-state index in [-0.39, 0.29) is 18.3 Å². The van der Waals surface area contributed by atoms with Crippen molar-refractivity contribution in [2.75, 3.05) is 0 Å². The first kappa shape index (κ1) is 24.0. The van der Waals surface area contributed by atoms with Crippen LogP contribution in [0.1, 0.15) is 115 Å². The van der Waals surface area contributed by atoms with Crippen LogP contribution in [-0.4, -0.2) is 28.3 Å². The van der Waals surface area contributed by atoms with E-state index < -0.39 is 0 Å². The maximum absolute atomic E-state index is 6.59. The molecule has 3 fully saturated rings. The Morgan fingerprint density at radius 2 is 1.57 bits per heavy atom. The zero-order valence-electron chi connectivity index (χ0n) is 23.1. The number of fused-ring (bicyclic) bond motifs is 3. The Bertz CT molecular complexity index is 1330. The van der Waals surface area contributed by atoms with E-state index in [2.05, 4.69) is 63.0 Å². The van der Waals surface area contributed by atoms with E-state index in [1.807, 2.05) is 0 Å². The third-order valence-corrected chi connectivity index (χ3v) is 10.6. The molecule has 0 amide bonds. The van der Waals surface area contributed by atoms with Gasteiger partial charge in [-0.2, -0.15) is 0 Å². The number of nitrogens with one attached hydrogen (secondary N) is 1. The fourth-order valence-electron chi connectivity index (χ4n) is 7.84. The molecule has 1 saturated heterocycles. The van der Waals surface area contributed by atoms with Crippen molar-refractivity contribution in [3.63, 3.8) is 0 Å². The topological polar surface area (TPSA) is 47.1 Å². The minimum absolute atomic E-state index is 0.292. The van der Waals surface area contributed by atoms with Gasteiger partial charge in [0.1, 0.15) is 5.82 Å². The van der Waals surface area contributed by atoms with Gasteiger partial charge >= 0.3 is 7.12 Å². The van der Waals surface area contributed by atoms with Crippen molar-refractivity contribution in [2.24, 2.45) is 0 Å². The Morgan fingerprint density at radius 3 is 2.30 bits per heavy atom. The molecular weight excluding hydrogens is 455 g/mol. The molecule has 2 saturated carbocycles. The third kappa shape index (κ3) is 3.75. The van der Waals surface area contributed by atoms with E-state index in [9.17, 15) is 0 Å². The van der Waals surface area contributed by atoms with Crippen LogP contribution in [0, 0.1) is 0 Å². The van der Waals surface area contributed by atoms with Crippen LogP contribution in [0.15, 0.2) is 30.3 Å². The van der Waals surface area contributed by atoms with Crippen molar-refractivity contribution in [2.45, 2.75) is 121 Å². The van der Waals surface area contributed by atoms with E-state index in [1.165, 1.54) is 97.7 Å². The first-order chi connectivity index (χ1) is 17.8.